The van der Waals surface area contributed by atoms with Gasteiger partial charge in [0.15, 0.2) is 0 Å². The molecule has 0 radical (unpaired) electrons. The van der Waals surface area contributed by atoms with Crippen molar-refractivity contribution < 1.29 is 8.42 Å². The summed E-state index contributed by atoms with van der Waals surface area (Å²) in [5, 5.41) is 3.26. The van der Waals surface area contributed by atoms with Gasteiger partial charge in [-0.05, 0) is 28.9 Å². The molecule has 2 aliphatic rings. The van der Waals surface area contributed by atoms with Crippen LogP contribution in [-0.4, -0.2) is 62.9 Å². The first-order valence-electron chi connectivity index (χ1n) is 6.69. The lowest BCUT2D eigenvalue weighted by Gasteiger charge is -2.42. The van der Waals surface area contributed by atoms with Crippen LogP contribution < -0.4 is 5.32 Å². The Labute approximate surface area is 132 Å². The summed E-state index contributed by atoms with van der Waals surface area (Å²) in [5.41, 5.74) is 0. The molecule has 1 aromatic rings. The molecule has 0 spiro atoms. The summed E-state index contributed by atoms with van der Waals surface area (Å²) in [6, 6.07) is 2.31. The molecule has 3 rings (SSSR count). The second kappa shape index (κ2) is 5.66. The highest BCUT2D eigenvalue weighted by Crippen LogP contribution is 2.32. The van der Waals surface area contributed by atoms with Crippen molar-refractivity contribution in [1.82, 2.24) is 14.5 Å². The summed E-state index contributed by atoms with van der Waals surface area (Å²) in [5.74, 6) is 0. The van der Waals surface area contributed by atoms with E-state index >= 15 is 0 Å². The summed E-state index contributed by atoms with van der Waals surface area (Å²) in [6.45, 7) is 6.76. The van der Waals surface area contributed by atoms with Gasteiger partial charge in [-0.15, -0.1) is 11.3 Å². The van der Waals surface area contributed by atoms with Crippen LogP contribution >= 0.6 is 27.3 Å². The predicted molar refractivity (Wildman–Crippen MR) is 83.7 cm³/mol. The molecule has 5 nitrogen and oxygen atoms in total. The molecule has 0 bridgehead atoms. The Bertz CT molecular complexity index is 590. The van der Waals surface area contributed by atoms with Crippen LogP contribution in [0.5, 0.6) is 0 Å². The van der Waals surface area contributed by atoms with Crippen molar-refractivity contribution in [1.29, 1.82) is 0 Å². The molecule has 0 saturated carbocycles. The molecule has 0 atom stereocenters. The van der Waals surface area contributed by atoms with Crippen molar-refractivity contribution in [3.05, 3.63) is 14.7 Å². The third-order valence-electron chi connectivity index (χ3n) is 4.01. The molecule has 2 saturated heterocycles. The van der Waals surface area contributed by atoms with Gasteiger partial charge in [0.05, 0.1) is 8.68 Å². The summed E-state index contributed by atoms with van der Waals surface area (Å²) >= 11 is 4.84. The van der Waals surface area contributed by atoms with Crippen LogP contribution in [0.25, 0.3) is 0 Å². The highest BCUT2D eigenvalue weighted by molar-refractivity contribution is 9.11. The average molecular weight is 380 g/mol. The van der Waals surface area contributed by atoms with Crippen molar-refractivity contribution in [3.8, 4) is 0 Å². The van der Waals surface area contributed by atoms with Gasteiger partial charge < -0.3 is 5.32 Å². The van der Waals surface area contributed by atoms with Crippen LogP contribution in [0.15, 0.2) is 14.7 Å². The zero-order valence-electron chi connectivity index (χ0n) is 11.3. The van der Waals surface area contributed by atoms with Gasteiger partial charge in [-0.25, -0.2) is 8.42 Å². The Kier molecular flexibility index (Phi) is 4.22. The van der Waals surface area contributed by atoms with E-state index < -0.39 is 10.0 Å². The van der Waals surface area contributed by atoms with E-state index in [1.54, 1.807) is 10.4 Å². The molecule has 1 N–H and O–H groups in total. The fraction of sp³-hybridized carbons (Fsp3) is 0.667. The maximum absolute atomic E-state index is 12.7. The fourth-order valence-corrected chi connectivity index (χ4v) is 6.47. The summed E-state index contributed by atoms with van der Waals surface area (Å²) < 4.78 is 27.8. The molecule has 3 heterocycles. The van der Waals surface area contributed by atoms with E-state index in [2.05, 4.69) is 26.1 Å². The first-order valence-corrected chi connectivity index (χ1v) is 9.74. The van der Waals surface area contributed by atoms with Gasteiger partial charge in [0.2, 0.25) is 10.0 Å². The van der Waals surface area contributed by atoms with Gasteiger partial charge in [0, 0.05) is 50.2 Å². The molecule has 0 aromatic carbocycles. The minimum Gasteiger partial charge on any atom is -0.314 e. The molecule has 0 amide bonds. The molecule has 0 aliphatic carbocycles. The van der Waals surface area contributed by atoms with Gasteiger partial charge >= 0.3 is 0 Å². The number of sulfonamides is 1. The molecule has 8 heteroatoms. The first-order chi connectivity index (χ1) is 9.48. The maximum Gasteiger partial charge on any atom is 0.244 e. The minimum atomic E-state index is -3.34. The number of hydrogen-bond donors (Lipinski definition) is 1. The normalized spacial score (nSPS) is 22.9. The number of hydrogen-bond acceptors (Lipinski definition) is 5. The van der Waals surface area contributed by atoms with E-state index in [9.17, 15) is 8.42 Å². The lowest BCUT2D eigenvalue weighted by Crippen LogP contribution is -2.62. The Morgan fingerprint density at radius 1 is 1.30 bits per heavy atom. The average Bonchev–Trinajstić information content (AvgIpc) is 2.68. The third kappa shape index (κ3) is 2.69. The summed E-state index contributed by atoms with van der Waals surface area (Å²) in [7, 11) is -3.34. The van der Waals surface area contributed by atoms with Crippen molar-refractivity contribution in [2.45, 2.75) is 17.9 Å². The van der Waals surface area contributed by atoms with Crippen LogP contribution in [0.1, 0.15) is 4.88 Å². The largest absolute Gasteiger partial charge is 0.314 e. The number of aryl methyl sites for hydroxylation is 1. The van der Waals surface area contributed by atoms with Crippen molar-refractivity contribution in [2.24, 2.45) is 0 Å². The molecule has 112 valence electrons. The lowest BCUT2D eigenvalue weighted by molar-refractivity contribution is 0.103. The van der Waals surface area contributed by atoms with Gasteiger partial charge in [-0.2, -0.15) is 4.31 Å². The van der Waals surface area contributed by atoms with E-state index in [-0.39, 0.29) is 0 Å². The van der Waals surface area contributed by atoms with Crippen LogP contribution in [0.4, 0.5) is 0 Å². The molecule has 1 aromatic heterocycles. The molecule has 2 fully saturated rings. The van der Waals surface area contributed by atoms with Gasteiger partial charge in [-0.3, -0.25) is 4.90 Å². The summed E-state index contributed by atoms with van der Waals surface area (Å²) in [4.78, 5) is 3.69. The van der Waals surface area contributed by atoms with Crippen LogP contribution in [0.2, 0.25) is 0 Å². The molecule has 2 aliphatic heterocycles. The van der Waals surface area contributed by atoms with E-state index in [0.29, 0.717) is 24.0 Å². The number of halogens is 1. The standard InChI is InChI=1S/C12H18BrN3O2S2/c1-9-11(6-12(13)19-9)20(17,18)16-4-2-15(3-5-16)10-7-14-8-10/h6,10,14H,2-5,7-8H2,1H3. The van der Waals surface area contributed by atoms with Crippen LogP contribution in [0, 0.1) is 6.92 Å². The Balaban J connectivity index is 1.71. The van der Waals surface area contributed by atoms with E-state index in [4.69, 9.17) is 0 Å². The van der Waals surface area contributed by atoms with Gasteiger partial charge in [0.25, 0.3) is 0 Å². The van der Waals surface area contributed by atoms with Crippen LogP contribution in [0.3, 0.4) is 0 Å². The quantitative estimate of drug-likeness (QED) is 0.853. The van der Waals surface area contributed by atoms with Gasteiger partial charge in [-0.1, -0.05) is 0 Å². The topological polar surface area (TPSA) is 52.7 Å². The third-order valence-corrected chi connectivity index (χ3v) is 7.72. The van der Waals surface area contributed by atoms with Crippen molar-refractivity contribution in [2.75, 3.05) is 39.3 Å². The summed E-state index contributed by atoms with van der Waals surface area (Å²) in [6.07, 6.45) is 0. The Morgan fingerprint density at radius 3 is 2.40 bits per heavy atom. The monoisotopic (exact) mass is 379 g/mol. The van der Waals surface area contributed by atoms with E-state index in [1.165, 1.54) is 11.3 Å². The highest BCUT2D eigenvalue weighted by atomic mass is 79.9. The van der Waals surface area contributed by atoms with Crippen molar-refractivity contribution in [3.63, 3.8) is 0 Å². The maximum atomic E-state index is 12.7. The lowest BCUT2D eigenvalue weighted by atomic mass is 10.1. The number of rotatable bonds is 3. The zero-order valence-corrected chi connectivity index (χ0v) is 14.5. The zero-order chi connectivity index (χ0) is 14.3. The van der Waals surface area contributed by atoms with Gasteiger partial charge in [0.1, 0.15) is 0 Å². The van der Waals surface area contributed by atoms with E-state index in [0.717, 1.165) is 34.8 Å². The molecular weight excluding hydrogens is 362 g/mol. The Morgan fingerprint density at radius 2 is 1.95 bits per heavy atom. The molecule has 0 unspecified atom stereocenters. The first kappa shape index (κ1) is 14.9. The second-order valence-corrected chi connectivity index (χ2v) is 9.76. The number of nitrogens with zero attached hydrogens (tertiary/aromatic N) is 2. The van der Waals surface area contributed by atoms with Crippen LogP contribution in [-0.2, 0) is 10.0 Å². The highest BCUT2D eigenvalue weighted by Gasteiger charge is 2.33. The Hall–Kier alpha value is 0.01000. The number of thiophene rings is 1. The van der Waals surface area contributed by atoms with E-state index in [1.807, 2.05) is 6.92 Å². The fourth-order valence-electron chi connectivity index (χ4n) is 2.67. The SMILES string of the molecule is Cc1sc(Br)cc1S(=O)(=O)N1CCN(C2CNC2)CC1. The number of piperazine rings is 1. The minimum absolute atomic E-state index is 0.452. The molecule has 20 heavy (non-hydrogen) atoms. The van der Waals surface area contributed by atoms with Crippen molar-refractivity contribution >= 4 is 37.3 Å². The smallest absolute Gasteiger partial charge is 0.244 e. The second-order valence-electron chi connectivity index (χ2n) is 5.22. The molecular formula is C12H18BrN3O2S2. The number of nitrogens with one attached hydrogen (secondary N) is 1. The predicted octanol–water partition coefficient (Wildman–Crippen LogP) is 1.10.